The first-order valence-corrected chi connectivity index (χ1v) is 8.98. The summed E-state index contributed by atoms with van der Waals surface area (Å²) in [6, 6.07) is 8.52. The highest BCUT2D eigenvalue weighted by Crippen LogP contribution is 2.27. The number of benzene rings is 1. The summed E-state index contributed by atoms with van der Waals surface area (Å²) >= 11 is 0. The van der Waals surface area contributed by atoms with E-state index in [4.69, 9.17) is 9.47 Å². The third-order valence-corrected chi connectivity index (χ3v) is 4.80. The summed E-state index contributed by atoms with van der Waals surface area (Å²) in [5, 5.41) is 0. The highest BCUT2D eigenvalue weighted by atomic mass is 16.5. The molecule has 2 aliphatic rings. The summed E-state index contributed by atoms with van der Waals surface area (Å²) < 4.78 is 11.1. The molecular formula is C19H24N4O2. The largest absolute Gasteiger partial charge is 0.494 e. The van der Waals surface area contributed by atoms with E-state index in [1.165, 1.54) is 11.1 Å². The molecule has 0 saturated carbocycles. The Morgan fingerprint density at radius 3 is 2.60 bits per heavy atom. The van der Waals surface area contributed by atoms with E-state index in [1.54, 1.807) is 6.33 Å². The number of morpholine rings is 1. The zero-order valence-corrected chi connectivity index (χ0v) is 14.6. The summed E-state index contributed by atoms with van der Waals surface area (Å²) in [7, 11) is 0. The van der Waals surface area contributed by atoms with Gasteiger partial charge in [-0.2, -0.15) is 0 Å². The summed E-state index contributed by atoms with van der Waals surface area (Å²) in [6.45, 7) is 7.83. The van der Waals surface area contributed by atoms with Gasteiger partial charge in [0.1, 0.15) is 23.7 Å². The van der Waals surface area contributed by atoms with Crippen LogP contribution < -0.4 is 14.5 Å². The smallest absolute Gasteiger partial charge is 0.134 e. The Morgan fingerprint density at radius 1 is 1.00 bits per heavy atom. The Morgan fingerprint density at radius 2 is 1.80 bits per heavy atom. The highest BCUT2D eigenvalue weighted by molar-refractivity contribution is 5.52. The average Bonchev–Trinajstić information content (AvgIpc) is 2.68. The van der Waals surface area contributed by atoms with Gasteiger partial charge in [0, 0.05) is 32.2 Å². The zero-order chi connectivity index (χ0) is 17.1. The van der Waals surface area contributed by atoms with Crippen molar-refractivity contribution in [3.05, 3.63) is 41.7 Å². The van der Waals surface area contributed by atoms with E-state index in [0.29, 0.717) is 6.61 Å². The van der Waals surface area contributed by atoms with Gasteiger partial charge >= 0.3 is 0 Å². The molecule has 6 nitrogen and oxygen atoms in total. The Kier molecular flexibility index (Phi) is 4.70. The molecule has 0 unspecified atom stereocenters. The number of aromatic nitrogens is 2. The lowest BCUT2D eigenvalue weighted by atomic mass is 9.99. The first kappa shape index (κ1) is 16.1. The second-order valence-corrected chi connectivity index (χ2v) is 6.37. The second kappa shape index (κ2) is 7.27. The van der Waals surface area contributed by atoms with E-state index in [1.807, 2.05) is 6.92 Å². The van der Waals surface area contributed by atoms with Crippen LogP contribution in [0.25, 0.3) is 0 Å². The molecule has 0 N–H and O–H groups in total. The first-order chi connectivity index (χ1) is 12.3. The van der Waals surface area contributed by atoms with Crippen molar-refractivity contribution >= 4 is 11.6 Å². The van der Waals surface area contributed by atoms with Gasteiger partial charge in [0.15, 0.2) is 0 Å². The van der Waals surface area contributed by atoms with Crippen LogP contribution in [0.2, 0.25) is 0 Å². The Bertz CT molecular complexity index is 731. The molecule has 1 saturated heterocycles. The van der Waals surface area contributed by atoms with Crippen molar-refractivity contribution in [2.24, 2.45) is 0 Å². The molecule has 1 fully saturated rings. The molecule has 0 atom stereocenters. The maximum absolute atomic E-state index is 5.65. The molecule has 3 heterocycles. The van der Waals surface area contributed by atoms with Crippen LogP contribution in [-0.4, -0.2) is 49.4 Å². The molecule has 0 aliphatic carbocycles. The molecule has 1 aromatic heterocycles. The van der Waals surface area contributed by atoms with Crippen molar-refractivity contribution in [1.29, 1.82) is 0 Å². The van der Waals surface area contributed by atoms with Crippen molar-refractivity contribution in [3.63, 3.8) is 0 Å². The molecule has 1 aromatic carbocycles. The van der Waals surface area contributed by atoms with Gasteiger partial charge in [0.05, 0.1) is 19.8 Å². The number of hydrogen-bond donors (Lipinski definition) is 0. The van der Waals surface area contributed by atoms with Crippen molar-refractivity contribution in [2.75, 3.05) is 49.3 Å². The Balaban J connectivity index is 1.53. The van der Waals surface area contributed by atoms with Crippen molar-refractivity contribution < 1.29 is 9.47 Å². The number of anilines is 2. The predicted octanol–water partition coefficient (Wildman–Crippen LogP) is 2.27. The first-order valence-electron chi connectivity index (χ1n) is 8.98. The van der Waals surface area contributed by atoms with Crippen molar-refractivity contribution in [1.82, 2.24) is 9.97 Å². The molecule has 132 valence electrons. The molecule has 0 radical (unpaired) electrons. The number of rotatable bonds is 4. The monoisotopic (exact) mass is 340 g/mol. The maximum atomic E-state index is 5.65. The molecule has 0 spiro atoms. The van der Waals surface area contributed by atoms with Crippen LogP contribution in [-0.2, 0) is 17.7 Å². The summed E-state index contributed by atoms with van der Waals surface area (Å²) in [5.74, 6) is 2.92. The van der Waals surface area contributed by atoms with E-state index in [0.717, 1.165) is 63.2 Å². The minimum atomic E-state index is 0.692. The van der Waals surface area contributed by atoms with Gasteiger partial charge in [-0.1, -0.05) is 6.07 Å². The Hall–Kier alpha value is -2.34. The second-order valence-electron chi connectivity index (χ2n) is 6.37. The van der Waals surface area contributed by atoms with Crippen LogP contribution in [0.5, 0.6) is 5.75 Å². The van der Waals surface area contributed by atoms with Gasteiger partial charge in [0.2, 0.25) is 0 Å². The molecule has 6 heteroatoms. The highest BCUT2D eigenvalue weighted by Gasteiger charge is 2.20. The number of nitrogens with zero attached hydrogens (tertiary/aromatic N) is 4. The third-order valence-electron chi connectivity index (χ3n) is 4.80. The fourth-order valence-electron chi connectivity index (χ4n) is 3.46. The van der Waals surface area contributed by atoms with Crippen LogP contribution in [0.4, 0.5) is 11.6 Å². The molecule has 2 aromatic rings. The molecule has 4 rings (SSSR count). The lowest BCUT2D eigenvalue weighted by Crippen LogP contribution is -2.37. The van der Waals surface area contributed by atoms with Crippen LogP contribution in [0.15, 0.2) is 30.6 Å². The fourth-order valence-corrected chi connectivity index (χ4v) is 3.46. The summed E-state index contributed by atoms with van der Waals surface area (Å²) in [5.41, 5.74) is 2.73. The van der Waals surface area contributed by atoms with E-state index in [9.17, 15) is 0 Å². The summed E-state index contributed by atoms with van der Waals surface area (Å²) in [4.78, 5) is 13.6. The van der Waals surface area contributed by atoms with Crippen LogP contribution in [0.3, 0.4) is 0 Å². The van der Waals surface area contributed by atoms with Crippen molar-refractivity contribution in [3.8, 4) is 5.75 Å². The lowest BCUT2D eigenvalue weighted by molar-refractivity contribution is 0.122. The molecule has 2 aliphatic heterocycles. The summed E-state index contributed by atoms with van der Waals surface area (Å²) in [6.07, 6.45) is 2.70. The molecule has 0 amide bonds. The van der Waals surface area contributed by atoms with E-state index >= 15 is 0 Å². The molecular weight excluding hydrogens is 316 g/mol. The van der Waals surface area contributed by atoms with Crippen LogP contribution in [0, 0.1) is 0 Å². The number of hydrogen-bond acceptors (Lipinski definition) is 6. The van der Waals surface area contributed by atoms with Gasteiger partial charge in [0.25, 0.3) is 0 Å². The van der Waals surface area contributed by atoms with Gasteiger partial charge in [-0.05, 0) is 36.6 Å². The van der Waals surface area contributed by atoms with Gasteiger partial charge in [-0.25, -0.2) is 9.97 Å². The topological polar surface area (TPSA) is 50.7 Å². The minimum absolute atomic E-state index is 0.692. The average molecular weight is 340 g/mol. The van der Waals surface area contributed by atoms with Gasteiger partial charge < -0.3 is 19.3 Å². The quantitative estimate of drug-likeness (QED) is 0.851. The van der Waals surface area contributed by atoms with E-state index < -0.39 is 0 Å². The zero-order valence-electron chi connectivity index (χ0n) is 14.6. The van der Waals surface area contributed by atoms with Crippen LogP contribution in [0.1, 0.15) is 18.1 Å². The predicted molar refractivity (Wildman–Crippen MR) is 97.4 cm³/mol. The lowest BCUT2D eigenvalue weighted by Gasteiger charge is -2.32. The molecule has 25 heavy (non-hydrogen) atoms. The standard InChI is InChI=1S/C19H24N4O2/c1-2-25-17-4-3-15-5-6-23(13-16(15)11-17)19-12-18(20-14-21-19)22-7-9-24-10-8-22/h3-4,11-12,14H,2,5-10,13H2,1H3. The molecule has 0 bridgehead atoms. The Labute approximate surface area is 148 Å². The van der Waals surface area contributed by atoms with Crippen LogP contribution >= 0.6 is 0 Å². The third kappa shape index (κ3) is 3.54. The maximum Gasteiger partial charge on any atom is 0.134 e. The van der Waals surface area contributed by atoms with E-state index in [-0.39, 0.29) is 0 Å². The van der Waals surface area contributed by atoms with Crippen molar-refractivity contribution in [2.45, 2.75) is 19.9 Å². The number of ether oxygens (including phenoxy) is 2. The van der Waals surface area contributed by atoms with Gasteiger partial charge in [-0.15, -0.1) is 0 Å². The minimum Gasteiger partial charge on any atom is -0.494 e. The number of fused-ring (bicyclic) bond motifs is 1. The fraction of sp³-hybridized carbons (Fsp3) is 0.474. The van der Waals surface area contributed by atoms with E-state index in [2.05, 4.69) is 44.0 Å². The van der Waals surface area contributed by atoms with Gasteiger partial charge in [-0.3, -0.25) is 0 Å². The normalized spacial score (nSPS) is 17.3. The SMILES string of the molecule is CCOc1ccc2c(c1)CN(c1cc(N3CCOCC3)ncn1)CC2.